The number of carbonyl (C=O) groups is 2. The Morgan fingerprint density at radius 1 is 1.24 bits per heavy atom. The maximum atomic E-state index is 12.8. The normalized spacial score (nSPS) is 23.0. The predicted molar refractivity (Wildman–Crippen MR) is 91.5 cm³/mol. The summed E-state index contributed by atoms with van der Waals surface area (Å²) in [4.78, 5) is 30.9. The molecule has 130 valence electrons. The summed E-state index contributed by atoms with van der Waals surface area (Å²) in [7, 11) is 0. The Kier molecular flexibility index (Phi) is 4.26. The van der Waals surface area contributed by atoms with Gasteiger partial charge in [-0.25, -0.2) is 4.98 Å². The number of fused-ring (bicyclic) bond motifs is 1. The van der Waals surface area contributed by atoms with E-state index in [1.54, 1.807) is 4.90 Å². The van der Waals surface area contributed by atoms with Crippen molar-refractivity contribution in [3.8, 4) is 11.5 Å². The predicted octanol–water partition coefficient (Wildman–Crippen LogP) is 2.15. The molecule has 6 heteroatoms. The van der Waals surface area contributed by atoms with Gasteiger partial charge in [-0.05, 0) is 25.0 Å². The molecule has 1 saturated carbocycles. The largest absolute Gasteiger partial charge is 0.444 e. The van der Waals surface area contributed by atoms with Crippen molar-refractivity contribution < 1.29 is 14.0 Å². The van der Waals surface area contributed by atoms with Gasteiger partial charge in [-0.3, -0.25) is 9.59 Å². The minimum Gasteiger partial charge on any atom is -0.444 e. The highest BCUT2D eigenvalue weighted by Gasteiger charge is 2.38. The molecule has 2 amide bonds. The Morgan fingerprint density at radius 3 is 2.88 bits per heavy atom. The fraction of sp³-hybridized carbons (Fsp3) is 0.421. The molecule has 0 bridgehead atoms. The first-order chi connectivity index (χ1) is 12.2. The molecule has 2 fully saturated rings. The second-order valence-corrected chi connectivity index (χ2v) is 6.73. The number of nitrogens with one attached hydrogen (secondary N) is 1. The van der Waals surface area contributed by atoms with Gasteiger partial charge in [0.1, 0.15) is 6.26 Å². The lowest BCUT2D eigenvalue weighted by Gasteiger charge is -2.43. The second kappa shape index (κ2) is 6.70. The van der Waals surface area contributed by atoms with Crippen LogP contribution in [0.3, 0.4) is 0 Å². The number of nitrogens with zero attached hydrogens (tertiary/aromatic N) is 2. The van der Waals surface area contributed by atoms with E-state index >= 15 is 0 Å². The third kappa shape index (κ3) is 3.29. The highest BCUT2D eigenvalue weighted by atomic mass is 16.3. The van der Waals surface area contributed by atoms with E-state index in [1.807, 2.05) is 30.3 Å². The lowest BCUT2D eigenvalue weighted by molar-refractivity contribution is -0.143. The van der Waals surface area contributed by atoms with Crippen LogP contribution in [0, 0.1) is 0 Å². The topological polar surface area (TPSA) is 75.4 Å². The molecule has 1 aliphatic heterocycles. The molecule has 0 radical (unpaired) electrons. The van der Waals surface area contributed by atoms with E-state index in [-0.39, 0.29) is 36.9 Å². The molecule has 1 saturated heterocycles. The van der Waals surface area contributed by atoms with Crippen LogP contribution in [0.4, 0.5) is 0 Å². The van der Waals surface area contributed by atoms with Crippen molar-refractivity contribution in [2.24, 2.45) is 0 Å². The summed E-state index contributed by atoms with van der Waals surface area (Å²) in [6.07, 6.45) is 5.79. The standard InChI is InChI=1S/C19H21N3O3/c23-17-11-22(16-9-5-4-8-15(16)21-17)18(24)10-14-12-25-19(20-14)13-6-2-1-3-7-13/h1-3,6-7,12,15-16H,4-5,8-11H2,(H,21,23). The first kappa shape index (κ1) is 15.9. The summed E-state index contributed by atoms with van der Waals surface area (Å²) in [6.45, 7) is 0.142. The third-order valence-corrected chi connectivity index (χ3v) is 5.02. The Morgan fingerprint density at radius 2 is 2.04 bits per heavy atom. The summed E-state index contributed by atoms with van der Waals surface area (Å²) in [6, 6.07) is 9.80. The van der Waals surface area contributed by atoms with Crippen LogP contribution in [-0.2, 0) is 16.0 Å². The summed E-state index contributed by atoms with van der Waals surface area (Å²) < 4.78 is 5.51. The van der Waals surface area contributed by atoms with E-state index in [9.17, 15) is 9.59 Å². The summed E-state index contributed by atoms with van der Waals surface area (Å²) in [5, 5.41) is 3.03. The van der Waals surface area contributed by atoms with Gasteiger partial charge in [0, 0.05) is 11.6 Å². The minimum absolute atomic E-state index is 0.0559. The van der Waals surface area contributed by atoms with Gasteiger partial charge in [0.25, 0.3) is 0 Å². The number of amides is 2. The maximum absolute atomic E-state index is 12.8. The average Bonchev–Trinajstić information content (AvgIpc) is 3.10. The third-order valence-electron chi connectivity index (χ3n) is 5.02. The Balaban J connectivity index is 1.48. The fourth-order valence-corrected chi connectivity index (χ4v) is 3.81. The number of piperazine rings is 1. The first-order valence-corrected chi connectivity index (χ1v) is 8.79. The smallest absolute Gasteiger partial charge is 0.239 e. The average molecular weight is 339 g/mol. The molecular formula is C19H21N3O3. The molecule has 1 aromatic heterocycles. The monoisotopic (exact) mass is 339 g/mol. The Labute approximate surface area is 146 Å². The molecule has 4 rings (SSSR count). The van der Waals surface area contributed by atoms with Gasteiger partial charge in [0.15, 0.2) is 0 Å². The van der Waals surface area contributed by atoms with Crippen LogP contribution in [0.15, 0.2) is 41.0 Å². The van der Waals surface area contributed by atoms with Crippen LogP contribution >= 0.6 is 0 Å². The Hall–Kier alpha value is -2.63. The maximum Gasteiger partial charge on any atom is 0.239 e. The number of carbonyl (C=O) groups excluding carboxylic acids is 2. The number of rotatable bonds is 3. The lowest BCUT2D eigenvalue weighted by Crippen LogP contribution is -2.63. The summed E-state index contributed by atoms with van der Waals surface area (Å²) >= 11 is 0. The number of hydrogen-bond acceptors (Lipinski definition) is 4. The number of hydrogen-bond donors (Lipinski definition) is 1. The second-order valence-electron chi connectivity index (χ2n) is 6.73. The highest BCUT2D eigenvalue weighted by Crippen LogP contribution is 2.26. The van der Waals surface area contributed by atoms with Crippen LogP contribution in [0.5, 0.6) is 0 Å². The number of oxazole rings is 1. The molecule has 2 atom stereocenters. The van der Waals surface area contributed by atoms with Gasteiger partial charge in [-0.1, -0.05) is 31.0 Å². The molecule has 2 heterocycles. The number of benzene rings is 1. The molecule has 2 aromatic rings. The van der Waals surface area contributed by atoms with Crippen LogP contribution in [-0.4, -0.2) is 40.3 Å². The van der Waals surface area contributed by atoms with Crippen molar-refractivity contribution in [3.05, 3.63) is 42.3 Å². The zero-order valence-corrected chi connectivity index (χ0v) is 14.0. The van der Waals surface area contributed by atoms with Gasteiger partial charge in [-0.15, -0.1) is 0 Å². The van der Waals surface area contributed by atoms with E-state index in [0.29, 0.717) is 11.6 Å². The lowest BCUT2D eigenvalue weighted by atomic mass is 9.87. The number of aromatic nitrogens is 1. The minimum atomic E-state index is -0.0679. The van der Waals surface area contributed by atoms with Crippen LogP contribution < -0.4 is 5.32 Å². The highest BCUT2D eigenvalue weighted by molar-refractivity contribution is 5.87. The molecule has 25 heavy (non-hydrogen) atoms. The molecular weight excluding hydrogens is 318 g/mol. The molecule has 1 aliphatic carbocycles. The van der Waals surface area contributed by atoms with Crippen molar-refractivity contribution in [2.75, 3.05) is 6.54 Å². The van der Waals surface area contributed by atoms with Gasteiger partial charge < -0.3 is 14.6 Å². The molecule has 6 nitrogen and oxygen atoms in total. The van der Waals surface area contributed by atoms with Gasteiger partial charge in [-0.2, -0.15) is 0 Å². The van der Waals surface area contributed by atoms with Crippen molar-refractivity contribution in [3.63, 3.8) is 0 Å². The van der Waals surface area contributed by atoms with Crippen molar-refractivity contribution in [1.82, 2.24) is 15.2 Å². The van der Waals surface area contributed by atoms with Gasteiger partial charge in [0.2, 0.25) is 17.7 Å². The quantitative estimate of drug-likeness (QED) is 0.930. The molecule has 1 aromatic carbocycles. The Bertz CT molecular complexity index is 771. The first-order valence-electron chi connectivity index (χ1n) is 8.79. The zero-order chi connectivity index (χ0) is 17.2. The van der Waals surface area contributed by atoms with E-state index in [2.05, 4.69) is 10.3 Å². The van der Waals surface area contributed by atoms with Crippen LogP contribution in [0.1, 0.15) is 31.4 Å². The molecule has 2 aliphatic rings. The summed E-state index contributed by atoms with van der Waals surface area (Å²) in [5.41, 5.74) is 1.48. The van der Waals surface area contributed by atoms with Crippen molar-refractivity contribution in [1.29, 1.82) is 0 Å². The molecule has 0 spiro atoms. The van der Waals surface area contributed by atoms with E-state index in [0.717, 1.165) is 31.2 Å². The van der Waals surface area contributed by atoms with E-state index in [4.69, 9.17) is 4.42 Å². The fourth-order valence-electron chi connectivity index (χ4n) is 3.81. The molecule has 1 N–H and O–H groups in total. The SMILES string of the molecule is O=C1CN(C(=O)Cc2coc(-c3ccccc3)n2)C2CCCCC2N1. The van der Waals surface area contributed by atoms with Crippen molar-refractivity contribution >= 4 is 11.8 Å². The van der Waals surface area contributed by atoms with E-state index < -0.39 is 0 Å². The summed E-state index contributed by atoms with van der Waals surface area (Å²) in [5.74, 6) is 0.386. The molecule has 2 unspecified atom stereocenters. The van der Waals surface area contributed by atoms with E-state index in [1.165, 1.54) is 6.26 Å². The van der Waals surface area contributed by atoms with Gasteiger partial charge in [0.05, 0.1) is 24.7 Å². The van der Waals surface area contributed by atoms with Crippen molar-refractivity contribution in [2.45, 2.75) is 44.2 Å². The zero-order valence-electron chi connectivity index (χ0n) is 14.0. The van der Waals surface area contributed by atoms with Crippen LogP contribution in [0.2, 0.25) is 0 Å². The van der Waals surface area contributed by atoms with Gasteiger partial charge >= 0.3 is 0 Å². The van der Waals surface area contributed by atoms with Crippen LogP contribution in [0.25, 0.3) is 11.5 Å².